The molecule has 0 aliphatic rings. The largest absolute Gasteiger partial charge is 0.483 e. The maximum absolute atomic E-state index is 8.36. The van der Waals surface area contributed by atoms with Crippen molar-refractivity contribution < 1.29 is 9.90 Å². The summed E-state index contributed by atoms with van der Waals surface area (Å²) in [5.41, 5.74) is 2.64. The normalized spacial score (nSPS) is 7.88. The summed E-state index contributed by atoms with van der Waals surface area (Å²) in [6.45, 7) is 3.92. The molecule has 0 aliphatic heterocycles. The van der Waals surface area contributed by atoms with E-state index in [1.807, 2.05) is 36.4 Å². The minimum absolute atomic E-state index is 0.250. The molecule has 0 amide bonds. The summed E-state index contributed by atoms with van der Waals surface area (Å²) < 4.78 is 0. The highest BCUT2D eigenvalue weighted by molar-refractivity contribution is 5.32. The van der Waals surface area contributed by atoms with Gasteiger partial charge >= 0.3 is 0 Å². The van der Waals surface area contributed by atoms with E-state index < -0.39 is 0 Å². The third-order valence-electron chi connectivity index (χ3n) is 1.88. The molecule has 0 fully saturated rings. The first-order valence-corrected chi connectivity index (χ1v) is 5.32. The number of carbonyl (C=O) groups is 1. The summed E-state index contributed by atoms with van der Waals surface area (Å²) in [5.74, 6) is 0. The van der Waals surface area contributed by atoms with Crippen LogP contribution in [-0.4, -0.2) is 11.6 Å². The zero-order valence-electron chi connectivity index (χ0n) is 10.2. The van der Waals surface area contributed by atoms with Crippen molar-refractivity contribution in [2.45, 2.75) is 13.8 Å². The molecule has 90 valence electrons. The molecule has 0 bridgehead atoms. The van der Waals surface area contributed by atoms with Crippen LogP contribution in [0, 0.1) is 13.8 Å². The molecule has 17 heavy (non-hydrogen) atoms. The molecule has 0 radical (unpaired) electrons. The zero-order valence-corrected chi connectivity index (χ0v) is 10.2. The van der Waals surface area contributed by atoms with Gasteiger partial charge in [0.2, 0.25) is 0 Å². The van der Waals surface area contributed by atoms with E-state index in [9.17, 15) is 0 Å². The molecule has 0 aliphatic carbocycles. The lowest BCUT2D eigenvalue weighted by molar-refractivity contribution is -0.122. The Morgan fingerprint density at radius 2 is 1.00 bits per heavy atom. The molecular formula is C15H18O2. The van der Waals surface area contributed by atoms with Crippen molar-refractivity contribution in [1.82, 2.24) is 0 Å². The van der Waals surface area contributed by atoms with Crippen LogP contribution in [0.15, 0.2) is 60.7 Å². The van der Waals surface area contributed by atoms with Gasteiger partial charge in [-0.2, -0.15) is 0 Å². The summed E-state index contributed by atoms with van der Waals surface area (Å²) >= 11 is 0. The number of rotatable bonds is 0. The fourth-order valence-corrected chi connectivity index (χ4v) is 1.07. The van der Waals surface area contributed by atoms with Crippen LogP contribution in [0.5, 0.6) is 0 Å². The van der Waals surface area contributed by atoms with Crippen LogP contribution in [0.3, 0.4) is 0 Å². The van der Waals surface area contributed by atoms with Gasteiger partial charge in [-0.3, -0.25) is 4.79 Å². The van der Waals surface area contributed by atoms with E-state index in [1.54, 1.807) is 0 Å². The van der Waals surface area contributed by atoms with E-state index in [2.05, 4.69) is 38.1 Å². The predicted molar refractivity (Wildman–Crippen MR) is 71.1 cm³/mol. The molecular weight excluding hydrogens is 212 g/mol. The van der Waals surface area contributed by atoms with Gasteiger partial charge < -0.3 is 5.11 Å². The molecule has 0 atom stereocenters. The third-order valence-corrected chi connectivity index (χ3v) is 1.88. The highest BCUT2D eigenvalue weighted by atomic mass is 16.3. The second-order valence-electron chi connectivity index (χ2n) is 3.41. The van der Waals surface area contributed by atoms with Crippen molar-refractivity contribution in [3.63, 3.8) is 0 Å². The molecule has 0 heterocycles. The average Bonchev–Trinajstić information content (AvgIpc) is 2.33. The van der Waals surface area contributed by atoms with Gasteiger partial charge in [0.15, 0.2) is 0 Å². The van der Waals surface area contributed by atoms with Crippen molar-refractivity contribution in [3.05, 3.63) is 71.8 Å². The first kappa shape index (κ1) is 14.9. The molecule has 2 rings (SSSR count). The highest BCUT2D eigenvalue weighted by Crippen LogP contribution is 1.92. The smallest absolute Gasteiger partial charge is 0.290 e. The maximum atomic E-state index is 8.36. The Bertz CT molecular complexity index is 345. The van der Waals surface area contributed by atoms with Gasteiger partial charge in [-0.25, -0.2) is 0 Å². The lowest BCUT2D eigenvalue weighted by Gasteiger charge is -1.82. The minimum atomic E-state index is -0.250. The van der Waals surface area contributed by atoms with Crippen LogP contribution < -0.4 is 0 Å². The first-order valence-electron chi connectivity index (χ1n) is 5.32. The molecule has 0 unspecified atom stereocenters. The van der Waals surface area contributed by atoms with E-state index in [-0.39, 0.29) is 6.47 Å². The number of benzene rings is 2. The van der Waals surface area contributed by atoms with Crippen molar-refractivity contribution in [2.24, 2.45) is 0 Å². The summed E-state index contributed by atoms with van der Waals surface area (Å²) in [7, 11) is 0. The number of hydrogen-bond donors (Lipinski definition) is 1. The molecule has 1 N–H and O–H groups in total. The first-order chi connectivity index (χ1) is 8.20. The molecule has 0 spiro atoms. The molecule has 0 saturated carbocycles. The lowest BCUT2D eigenvalue weighted by atomic mass is 10.2. The Hall–Kier alpha value is -2.09. The molecule has 0 aromatic heterocycles. The van der Waals surface area contributed by atoms with Gasteiger partial charge in [-0.15, -0.1) is 0 Å². The van der Waals surface area contributed by atoms with Crippen LogP contribution in [0.1, 0.15) is 11.1 Å². The standard InChI is InChI=1S/2C7H8.CH2O2/c2*1-7-5-3-2-4-6-7;2-1-3/h2*2-6H,1H3;1H,(H,2,3). The van der Waals surface area contributed by atoms with Crippen LogP contribution >= 0.6 is 0 Å². The van der Waals surface area contributed by atoms with E-state index >= 15 is 0 Å². The van der Waals surface area contributed by atoms with Crippen LogP contribution in [0.2, 0.25) is 0 Å². The molecule has 2 heteroatoms. The van der Waals surface area contributed by atoms with Crippen molar-refractivity contribution in [1.29, 1.82) is 0 Å². The monoisotopic (exact) mass is 230 g/mol. The van der Waals surface area contributed by atoms with Crippen LogP contribution in [0.25, 0.3) is 0 Å². The Morgan fingerprint density at radius 1 is 0.765 bits per heavy atom. The Balaban J connectivity index is 0.000000247. The van der Waals surface area contributed by atoms with Crippen LogP contribution in [-0.2, 0) is 4.79 Å². The van der Waals surface area contributed by atoms with E-state index in [0.717, 1.165) is 0 Å². The van der Waals surface area contributed by atoms with Gasteiger partial charge in [0, 0.05) is 0 Å². The minimum Gasteiger partial charge on any atom is -0.483 e. The van der Waals surface area contributed by atoms with E-state index in [0.29, 0.717) is 0 Å². The Kier molecular flexibility index (Phi) is 9.15. The number of aryl methyl sites for hydroxylation is 2. The fraction of sp³-hybridized carbons (Fsp3) is 0.133. The number of hydrogen-bond acceptors (Lipinski definition) is 1. The SMILES string of the molecule is Cc1ccccc1.Cc1ccccc1.O=CO. The second-order valence-corrected chi connectivity index (χ2v) is 3.41. The number of carboxylic acid groups (broad SMARTS) is 1. The molecule has 2 aromatic rings. The van der Waals surface area contributed by atoms with Gasteiger partial charge in [-0.05, 0) is 13.8 Å². The molecule has 0 saturated heterocycles. The van der Waals surface area contributed by atoms with Gasteiger partial charge in [-0.1, -0.05) is 71.8 Å². The predicted octanol–water partition coefficient (Wildman–Crippen LogP) is 3.69. The van der Waals surface area contributed by atoms with E-state index in [4.69, 9.17) is 9.90 Å². The third kappa shape index (κ3) is 10.2. The summed E-state index contributed by atoms with van der Waals surface area (Å²) in [6, 6.07) is 20.5. The van der Waals surface area contributed by atoms with Gasteiger partial charge in [0.05, 0.1) is 0 Å². The van der Waals surface area contributed by atoms with Crippen LogP contribution in [0.4, 0.5) is 0 Å². The Labute approximate surface area is 103 Å². The van der Waals surface area contributed by atoms with Crippen molar-refractivity contribution >= 4 is 6.47 Å². The van der Waals surface area contributed by atoms with Crippen molar-refractivity contribution in [3.8, 4) is 0 Å². The molecule has 2 nitrogen and oxygen atoms in total. The van der Waals surface area contributed by atoms with E-state index in [1.165, 1.54) is 11.1 Å². The lowest BCUT2D eigenvalue weighted by Crippen LogP contribution is -1.62. The Morgan fingerprint density at radius 3 is 1.12 bits per heavy atom. The summed E-state index contributed by atoms with van der Waals surface area (Å²) in [6.07, 6.45) is 0. The summed E-state index contributed by atoms with van der Waals surface area (Å²) in [5, 5.41) is 6.89. The van der Waals surface area contributed by atoms with Gasteiger partial charge in [0.25, 0.3) is 6.47 Å². The highest BCUT2D eigenvalue weighted by Gasteiger charge is 1.72. The van der Waals surface area contributed by atoms with Crippen molar-refractivity contribution in [2.75, 3.05) is 0 Å². The fourth-order valence-electron chi connectivity index (χ4n) is 1.07. The second kappa shape index (κ2) is 10.4. The quantitative estimate of drug-likeness (QED) is 0.701. The van der Waals surface area contributed by atoms with Gasteiger partial charge in [0.1, 0.15) is 0 Å². The maximum Gasteiger partial charge on any atom is 0.290 e. The zero-order chi connectivity index (χ0) is 12.9. The molecule has 2 aromatic carbocycles. The summed E-state index contributed by atoms with van der Waals surface area (Å²) in [4.78, 5) is 8.36. The average molecular weight is 230 g/mol. The topological polar surface area (TPSA) is 37.3 Å².